The molecule has 0 unspecified atom stereocenters. The average Bonchev–Trinajstić information content (AvgIpc) is 2.40. The largest absolute Gasteiger partial charge is 0.487 e. The van der Waals surface area contributed by atoms with Gasteiger partial charge in [0.25, 0.3) is 0 Å². The van der Waals surface area contributed by atoms with Crippen molar-refractivity contribution in [2.24, 2.45) is 5.73 Å². The average molecular weight is 281 g/mol. The number of hydrogen-bond acceptors (Lipinski definition) is 3. The van der Waals surface area contributed by atoms with Crippen LogP contribution in [0.3, 0.4) is 0 Å². The minimum absolute atomic E-state index is 0.0728. The van der Waals surface area contributed by atoms with Gasteiger partial charge in [0.2, 0.25) is 0 Å². The molecule has 0 amide bonds. The van der Waals surface area contributed by atoms with Crippen molar-refractivity contribution in [3.63, 3.8) is 0 Å². The first-order chi connectivity index (χ1) is 9.20. The first-order valence-corrected chi connectivity index (χ1v) is 6.29. The Kier molecular flexibility index (Phi) is 4.71. The van der Waals surface area contributed by atoms with E-state index in [0.717, 1.165) is 12.1 Å². The van der Waals surface area contributed by atoms with Gasteiger partial charge in [-0.25, -0.2) is 4.39 Å². The minimum atomic E-state index is -0.375. The van der Waals surface area contributed by atoms with Gasteiger partial charge in [0.05, 0.1) is 11.2 Å². The SMILES string of the molecule is NCCc1ccc(OCc2c(F)cccc2Cl)cn1. The molecule has 5 heteroatoms. The highest BCUT2D eigenvalue weighted by Gasteiger charge is 2.07. The number of nitrogens with zero attached hydrogens (tertiary/aromatic N) is 1. The van der Waals surface area contributed by atoms with Gasteiger partial charge in [0.1, 0.15) is 18.2 Å². The summed E-state index contributed by atoms with van der Waals surface area (Å²) in [6.45, 7) is 0.626. The molecule has 0 aliphatic carbocycles. The number of halogens is 2. The molecule has 1 aromatic carbocycles. The normalized spacial score (nSPS) is 10.5. The lowest BCUT2D eigenvalue weighted by atomic mass is 10.2. The lowest BCUT2D eigenvalue weighted by Gasteiger charge is -2.08. The molecule has 0 spiro atoms. The Labute approximate surface area is 116 Å². The molecule has 100 valence electrons. The van der Waals surface area contributed by atoms with Crippen LogP contribution in [-0.2, 0) is 13.0 Å². The summed E-state index contributed by atoms with van der Waals surface area (Å²) in [4.78, 5) is 4.19. The van der Waals surface area contributed by atoms with Crippen LogP contribution in [0.4, 0.5) is 4.39 Å². The zero-order chi connectivity index (χ0) is 13.7. The molecule has 19 heavy (non-hydrogen) atoms. The minimum Gasteiger partial charge on any atom is -0.487 e. The molecule has 1 aromatic heterocycles. The predicted octanol–water partition coefficient (Wildman–Crippen LogP) is 2.95. The molecule has 0 radical (unpaired) electrons. The first kappa shape index (κ1) is 13.8. The lowest BCUT2D eigenvalue weighted by Crippen LogP contribution is -2.04. The topological polar surface area (TPSA) is 48.1 Å². The van der Waals surface area contributed by atoms with E-state index in [4.69, 9.17) is 22.1 Å². The van der Waals surface area contributed by atoms with Gasteiger partial charge in [-0.3, -0.25) is 4.98 Å². The van der Waals surface area contributed by atoms with E-state index < -0.39 is 0 Å². The van der Waals surface area contributed by atoms with Gasteiger partial charge in [-0.2, -0.15) is 0 Å². The van der Waals surface area contributed by atoms with Crippen molar-refractivity contribution in [1.29, 1.82) is 0 Å². The molecule has 3 nitrogen and oxygen atoms in total. The lowest BCUT2D eigenvalue weighted by molar-refractivity contribution is 0.298. The molecular weight excluding hydrogens is 267 g/mol. The van der Waals surface area contributed by atoms with Crippen molar-refractivity contribution in [1.82, 2.24) is 4.98 Å². The Bertz CT molecular complexity index is 525. The monoisotopic (exact) mass is 280 g/mol. The summed E-state index contributed by atoms with van der Waals surface area (Å²) in [5, 5.41) is 0.354. The summed E-state index contributed by atoms with van der Waals surface area (Å²) in [5.74, 6) is 0.195. The third-order valence-corrected chi connectivity index (χ3v) is 3.00. The number of nitrogens with two attached hydrogens (primary N) is 1. The van der Waals surface area contributed by atoms with Crippen molar-refractivity contribution in [3.8, 4) is 5.75 Å². The molecule has 2 rings (SSSR count). The zero-order valence-electron chi connectivity index (χ0n) is 10.3. The van der Waals surface area contributed by atoms with Gasteiger partial charge in [-0.15, -0.1) is 0 Å². The second kappa shape index (κ2) is 6.50. The number of ether oxygens (including phenoxy) is 1. The van der Waals surface area contributed by atoms with Crippen LogP contribution in [0.2, 0.25) is 5.02 Å². The van der Waals surface area contributed by atoms with Crippen LogP contribution in [0.1, 0.15) is 11.3 Å². The fourth-order valence-electron chi connectivity index (χ4n) is 1.62. The number of hydrogen-bond donors (Lipinski definition) is 1. The Morgan fingerprint density at radius 1 is 1.26 bits per heavy atom. The van der Waals surface area contributed by atoms with Crippen LogP contribution in [0.25, 0.3) is 0 Å². The van der Waals surface area contributed by atoms with E-state index >= 15 is 0 Å². The molecule has 2 N–H and O–H groups in total. The highest BCUT2D eigenvalue weighted by molar-refractivity contribution is 6.31. The highest BCUT2D eigenvalue weighted by Crippen LogP contribution is 2.21. The maximum absolute atomic E-state index is 13.5. The molecule has 1 heterocycles. The van der Waals surface area contributed by atoms with Gasteiger partial charge in [0, 0.05) is 17.7 Å². The molecule has 0 saturated carbocycles. The van der Waals surface area contributed by atoms with Crippen LogP contribution >= 0.6 is 11.6 Å². The Morgan fingerprint density at radius 3 is 2.74 bits per heavy atom. The molecular formula is C14H14ClFN2O. The molecule has 0 aliphatic heterocycles. The second-order valence-corrected chi connectivity index (χ2v) is 4.42. The van der Waals surface area contributed by atoms with Crippen molar-refractivity contribution < 1.29 is 9.13 Å². The number of pyridine rings is 1. The van der Waals surface area contributed by atoms with Gasteiger partial charge >= 0.3 is 0 Å². The van der Waals surface area contributed by atoms with Gasteiger partial charge in [-0.1, -0.05) is 17.7 Å². The molecule has 0 atom stereocenters. The summed E-state index contributed by atoms with van der Waals surface area (Å²) in [6.07, 6.45) is 2.32. The number of benzene rings is 1. The molecule has 0 fully saturated rings. The van der Waals surface area contributed by atoms with E-state index in [1.807, 2.05) is 6.07 Å². The zero-order valence-corrected chi connectivity index (χ0v) is 11.0. The third kappa shape index (κ3) is 3.66. The van der Waals surface area contributed by atoms with Crippen molar-refractivity contribution in [2.45, 2.75) is 13.0 Å². The molecule has 0 aliphatic rings. The molecule has 0 saturated heterocycles. The van der Waals surface area contributed by atoms with E-state index in [0.29, 0.717) is 22.9 Å². The highest BCUT2D eigenvalue weighted by atomic mass is 35.5. The van der Waals surface area contributed by atoms with Crippen LogP contribution < -0.4 is 10.5 Å². The molecule has 0 bridgehead atoms. The van der Waals surface area contributed by atoms with Crippen molar-refractivity contribution >= 4 is 11.6 Å². The summed E-state index contributed by atoms with van der Waals surface area (Å²) < 4.78 is 19.0. The third-order valence-electron chi connectivity index (χ3n) is 2.64. The van der Waals surface area contributed by atoms with Crippen LogP contribution in [0, 0.1) is 5.82 Å². The second-order valence-electron chi connectivity index (χ2n) is 4.01. The van der Waals surface area contributed by atoms with Crippen molar-refractivity contribution in [2.75, 3.05) is 6.54 Å². The summed E-state index contributed by atoms with van der Waals surface area (Å²) in [5.41, 5.74) is 6.68. The maximum Gasteiger partial charge on any atom is 0.138 e. The summed E-state index contributed by atoms with van der Waals surface area (Å²) >= 11 is 5.91. The van der Waals surface area contributed by atoms with E-state index in [-0.39, 0.29) is 12.4 Å². The first-order valence-electron chi connectivity index (χ1n) is 5.91. The van der Waals surface area contributed by atoms with Gasteiger partial charge in [0.15, 0.2) is 0 Å². The van der Waals surface area contributed by atoms with Gasteiger partial charge < -0.3 is 10.5 Å². The van der Waals surface area contributed by atoms with E-state index in [9.17, 15) is 4.39 Å². The van der Waals surface area contributed by atoms with Gasteiger partial charge in [-0.05, 0) is 30.8 Å². The van der Waals surface area contributed by atoms with Crippen molar-refractivity contribution in [3.05, 3.63) is 58.6 Å². The van der Waals surface area contributed by atoms with E-state index in [1.54, 1.807) is 24.4 Å². The smallest absolute Gasteiger partial charge is 0.138 e. The standard InChI is InChI=1S/C14H14ClFN2O/c15-13-2-1-3-14(16)12(13)9-19-11-5-4-10(6-7-17)18-8-11/h1-5,8H,6-7,9,17H2. The Morgan fingerprint density at radius 2 is 2.11 bits per heavy atom. The van der Waals surface area contributed by atoms with Crippen LogP contribution in [-0.4, -0.2) is 11.5 Å². The maximum atomic E-state index is 13.5. The number of aromatic nitrogens is 1. The summed E-state index contributed by atoms with van der Waals surface area (Å²) in [6, 6.07) is 8.17. The fourth-order valence-corrected chi connectivity index (χ4v) is 1.84. The Hall–Kier alpha value is -1.65. The van der Waals surface area contributed by atoms with E-state index in [1.165, 1.54) is 6.07 Å². The van der Waals surface area contributed by atoms with E-state index in [2.05, 4.69) is 4.98 Å². The molecule has 2 aromatic rings. The van der Waals surface area contributed by atoms with Crippen LogP contribution in [0.5, 0.6) is 5.75 Å². The predicted molar refractivity (Wildman–Crippen MR) is 72.7 cm³/mol. The quantitative estimate of drug-likeness (QED) is 0.916. The number of rotatable bonds is 5. The summed E-state index contributed by atoms with van der Waals surface area (Å²) in [7, 11) is 0. The fraction of sp³-hybridized carbons (Fsp3) is 0.214. The van der Waals surface area contributed by atoms with Crippen LogP contribution in [0.15, 0.2) is 36.5 Å². The Balaban J connectivity index is 2.02.